The highest BCUT2D eigenvalue weighted by Crippen LogP contribution is 2.22. The average molecular weight is 203 g/mol. The first-order valence-corrected chi connectivity index (χ1v) is 5.38. The van der Waals surface area contributed by atoms with Crippen LogP contribution in [0.4, 0.5) is 0 Å². The number of hydrogen-bond acceptors (Lipinski definition) is 2. The van der Waals surface area contributed by atoms with Gasteiger partial charge in [-0.3, -0.25) is 0 Å². The first-order valence-electron chi connectivity index (χ1n) is 5.38. The fourth-order valence-electron chi connectivity index (χ4n) is 1.65. The summed E-state index contributed by atoms with van der Waals surface area (Å²) < 4.78 is 5.74. The number of nitrogens with one attached hydrogen (secondary N) is 1. The Morgan fingerprint density at radius 2 is 2.13 bits per heavy atom. The third-order valence-electron chi connectivity index (χ3n) is 2.52. The largest absolute Gasteiger partial charge is 0.460 e. The monoisotopic (exact) mass is 203 g/mol. The van der Waals surface area contributed by atoms with Crippen LogP contribution in [0.25, 0.3) is 11.0 Å². The van der Waals surface area contributed by atoms with Crippen LogP contribution in [0.1, 0.15) is 25.2 Å². The van der Waals surface area contributed by atoms with Gasteiger partial charge in [-0.2, -0.15) is 0 Å². The van der Waals surface area contributed by atoms with E-state index in [1.807, 2.05) is 12.1 Å². The Balaban J connectivity index is 2.27. The lowest BCUT2D eigenvalue weighted by Gasteiger charge is -2.04. The highest BCUT2D eigenvalue weighted by molar-refractivity contribution is 5.81. The number of hydrogen-bond donors (Lipinski definition) is 1. The van der Waals surface area contributed by atoms with Crippen LogP contribution in [0.3, 0.4) is 0 Å². The molecule has 1 heterocycles. The number of benzene rings is 1. The van der Waals surface area contributed by atoms with Gasteiger partial charge in [-0.1, -0.05) is 26.0 Å². The van der Waals surface area contributed by atoms with E-state index in [1.165, 1.54) is 10.9 Å². The van der Waals surface area contributed by atoms with Gasteiger partial charge in [0.05, 0.1) is 6.54 Å². The van der Waals surface area contributed by atoms with Gasteiger partial charge in [0.25, 0.3) is 0 Å². The first-order chi connectivity index (χ1) is 7.16. The second-order valence-electron chi connectivity index (χ2n) is 4.24. The molecule has 2 rings (SSSR count). The minimum absolute atomic E-state index is 0.485. The molecule has 0 aliphatic rings. The molecule has 0 fully saturated rings. The van der Waals surface area contributed by atoms with Gasteiger partial charge in [-0.15, -0.1) is 0 Å². The molecule has 2 heteroatoms. The third-order valence-corrected chi connectivity index (χ3v) is 2.52. The Hall–Kier alpha value is -1.28. The quantitative estimate of drug-likeness (QED) is 0.828. The second-order valence-corrected chi connectivity index (χ2v) is 4.24. The fourth-order valence-corrected chi connectivity index (χ4v) is 1.65. The van der Waals surface area contributed by atoms with Gasteiger partial charge in [-0.25, -0.2) is 0 Å². The Bertz CT molecular complexity index is 457. The number of aryl methyl sites for hydroxylation is 1. The molecule has 2 aromatic rings. The van der Waals surface area contributed by atoms with Crippen molar-refractivity contribution in [1.29, 1.82) is 0 Å². The molecule has 0 aliphatic carbocycles. The van der Waals surface area contributed by atoms with Crippen molar-refractivity contribution in [2.45, 2.75) is 33.4 Å². The van der Waals surface area contributed by atoms with E-state index in [-0.39, 0.29) is 0 Å². The molecule has 0 radical (unpaired) electrons. The van der Waals surface area contributed by atoms with Crippen molar-refractivity contribution in [3.05, 3.63) is 35.6 Å². The van der Waals surface area contributed by atoms with Crippen LogP contribution < -0.4 is 5.32 Å². The number of rotatable bonds is 3. The minimum Gasteiger partial charge on any atom is -0.460 e. The van der Waals surface area contributed by atoms with Crippen molar-refractivity contribution in [2.75, 3.05) is 0 Å². The van der Waals surface area contributed by atoms with Crippen molar-refractivity contribution in [2.24, 2.45) is 0 Å². The summed E-state index contributed by atoms with van der Waals surface area (Å²) >= 11 is 0. The van der Waals surface area contributed by atoms with Crippen molar-refractivity contribution in [3.63, 3.8) is 0 Å². The van der Waals surface area contributed by atoms with Crippen LogP contribution in [0.5, 0.6) is 0 Å². The Labute approximate surface area is 90.3 Å². The molecule has 0 bridgehead atoms. The molecular formula is C13H17NO. The standard InChI is InChI=1S/C13H17NO/c1-9(2)14-8-11-7-12-10(3)5-4-6-13(12)15-11/h4-7,9,14H,8H2,1-3H3. The molecule has 2 nitrogen and oxygen atoms in total. The van der Waals surface area contributed by atoms with E-state index >= 15 is 0 Å². The molecule has 0 unspecified atom stereocenters. The lowest BCUT2D eigenvalue weighted by molar-refractivity contribution is 0.488. The molecule has 0 amide bonds. The van der Waals surface area contributed by atoms with Crippen LogP contribution in [0.2, 0.25) is 0 Å². The summed E-state index contributed by atoms with van der Waals surface area (Å²) in [4.78, 5) is 0. The molecule has 0 aliphatic heterocycles. The van der Waals surface area contributed by atoms with E-state index in [0.717, 1.165) is 17.9 Å². The zero-order valence-corrected chi connectivity index (χ0v) is 9.50. The first kappa shape index (κ1) is 10.2. The van der Waals surface area contributed by atoms with Crippen LogP contribution >= 0.6 is 0 Å². The number of furan rings is 1. The van der Waals surface area contributed by atoms with Crippen LogP contribution in [-0.4, -0.2) is 6.04 Å². The molecule has 0 saturated carbocycles. The molecule has 1 aromatic heterocycles. The van der Waals surface area contributed by atoms with E-state index in [4.69, 9.17) is 4.42 Å². The third kappa shape index (κ3) is 2.21. The minimum atomic E-state index is 0.485. The summed E-state index contributed by atoms with van der Waals surface area (Å²) in [5, 5.41) is 4.57. The molecule has 1 aromatic carbocycles. The summed E-state index contributed by atoms with van der Waals surface area (Å²) in [5.74, 6) is 1.01. The van der Waals surface area contributed by atoms with E-state index in [1.54, 1.807) is 0 Å². The summed E-state index contributed by atoms with van der Waals surface area (Å²) in [5.41, 5.74) is 2.25. The normalized spacial score (nSPS) is 11.5. The van der Waals surface area contributed by atoms with Gasteiger partial charge in [-0.05, 0) is 24.6 Å². The topological polar surface area (TPSA) is 25.2 Å². The van der Waals surface area contributed by atoms with Crippen molar-refractivity contribution >= 4 is 11.0 Å². The van der Waals surface area contributed by atoms with Gasteiger partial charge < -0.3 is 9.73 Å². The van der Waals surface area contributed by atoms with Crippen LogP contribution in [0, 0.1) is 6.92 Å². The van der Waals surface area contributed by atoms with Gasteiger partial charge >= 0.3 is 0 Å². The van der Waals surface area contributed by atoms with Gasteiger partial charge in [0, 0.05) is 11.4 Å². The Morgan fingerprint density at radius 3 is 2.80 bits per heavy atom. The lowest BCUT2D eigenvalue weighted by atomic mass is 10.1. The molecule has 0 saturated heterocycles. The van der Waals surface area contributed by atoms with E-state index in [9.17, 15) is 0 Å². The smallest absolute Gasteiger partial charge is 0.134 e. The van der Waals surface area contributed by atoms with E-state index in [0.29, 0.717) is 6.04 Å². The maximum atomic E-state index is 5.74. The van der Waals surface area contributed by atoms with Crippen LogP contribution in [-0.2, 0) is 6.54 Å². The zero-order valence-electron chi connectivity index (χ0n) is 9.50. The second kappa shape index (κ2) is 4.07. The lowest BCUT2D eigenvalue weighted by Crippen LogP contribution is -2.21. The van der Waals surface area contributed by atoms with Gasteiger partial charge in [0.1, 0.15) is 11.3 Å². The van der Waals surface area contributed by atoms with E-state index in [2.05, 4.69) is 38.2 Å². The SMILES string of the molecule is Cc1cccc2oc(CNC(C)C)cc12. The molecule has 15 heavy (non-hydrogen) atoms. The Morgan fingerprint density at radius 1 is 1.33 bits per heavy atom. The van der Waals surface area contributed by atoms with Gasteiger partial charge in [0.2, 0.25) is 0 Å². The van der Waals surface area contributed by atoms with Crippen molar-refractivity contribution in [1.82, 2.24) is 5.32 Å². The van der Waals surface area contributed by atoms with Crippen LogP contribution in [0.15, 0.2) is 28.7 Å². The summed E-state index contributed by atoms with van der Waals surface area (Å²) in [6.07, 6.45) is 0. The maximum absolute atomic E-state index is 5.74. The molecule has 0 spiro atoms. The molecule has 80 valence electrons. The van der Waals surface area contributed by atoms with E-state index < -0.39 is 0 Å². The maximum Gasteiger partial charge on any atom is 0.134 e. The zero-order chi connectivity index (χ0) is 10.8. The molecule has 0 atom stereocenters. The summed E-state index contributed by atoms with van der Waals surface area (Å²) in [7, 11) is 0. The Kier molecular flexibility index (Phi) is 2.78. The predicted octanol–water partition coefficient (Wildman–Crippen LogP) is 3.24. The molecule has 1 N–H and O–H groups in total. The highest BCUT2D eigenvalue weighted by atomic mass is 16.3. The highest BCUT2D eigenvalue weighted by Gasteiger charge is 2.05. The average Bonchev–Trinajstić information content (AvgIpc) is 2.59. The molecular weight excluding hydrogens is 186 g/mol. The fraction of sp³-hybridized carbons (Fsp3) is 0.385. The van der Waals surface area contributed by atoms with Crippen molar-refractivity contribution < 1.29 is 4.42 Å². The predicted molar refractivity (Wildman–Crippen MR) is 62.9 cm³/mol. The summed E-state index contributed by atoms with van der Waals surface area (Å²) in [6.45, 7) is 7.17. The van der Waals surface area contributed by atoms with Crippen molar-refractivity contribution in [3.8, 4) is 0 Å². The number of fused-ring (bicyclic) bond motifs is 1. The summed E-state index contributed by atoms with van der Waals surface area (Å²) in [6, 6.07) is 8.76. The van der Waals surface area contributed by atoms with Gasteiger partial charge in [0.15, 0.2) is 0 Å².